The number of hydrogen-bond acceptors (Lipinski definition) is 3. The lowest BCUT2D eigenvalue weighted by Gasteiger charge is -2.27. The first kappa shape index (κ1) is 14.3. The van der Waals surface area contributed by atoms with Crippen molar-refractivity contribution in [2.45, 2.75) is 25.7 Å². The third-order valence-electron chi connectivity index (χ3n) is 3.38. The molecule has 104 valence electrons. The first-order valence-corrected chi connectivity index (χ1v) is 7.27. The Hall–Kier alpha value is -1.07. The van der Waals surface area contributed by atoms with Gasteiger partial charge in [-0.25, -0.2) is 0 Å². The molecule has 19 heavy (non-hydrogen) atoms. The SMILES string of the molecule is COc1ccc(Br)c(C2CCCNC2)c1NC(C)=O. The van der Waals surface area contributed by atoms with E-state index in [2.05, 4.69) is 26.6 Å². The number of piperidine rings is 1. The molecule has 0 spiro atoms. The zero-order chi connectivity index (χ0) is 13.8. The summed E-state index contributed by atoms with van der Waals surface area (Å²) in [6, 6.07) is 3.85. The lowest BCUT2D eigenvalue weighted by atomic mass is 9.90. The number of carbonyl (C=O) groups is 1. The highest BCUT2D eigenvalue weighted by molar-refractivity contribution is 9.10. The van der Waals surface area contributed by atoms with Crippen LogP contribution in [0, 0.1) is 0 Å². The summed E-state index contributed by atoms with van der Waals surface area (Å²) in [4.78, 5) is 11.4. The summed E-state index contributed by atoms with van der Waals surface area (Å²) in [7, 11) is 1.62. The van der Waals surface area contributed by atoms with Crippen molar-refractivity contribution in [1.29, 1.82) is 0 Å². The van der Waals surface area contributed by atoms with Gasteiger partial charge in [-0.15, -0.1) is 0 Å². The van der Waals surface area contributed by atoms with Crippen LogP contribution in [0.2, 0.25) is 0 Å². The van der Waals surface area contributed by atoms with E-state index in [0.29, 0.717) is 11.7 Å². The zero-order valence-electron chi connectivity index (χ0n) is 11.3. The van der Waals surface area contributed by atoms with Gasteiger partial charge in [0.1, 0.15) is 5.75 Å². The molecule has 1 aromatic rings. The van der Waals surface area contributed by atoms with E-state index in [1.165, 1.54) is 6.92 Å². The molecule has 1 aliphatic rings. The predicted octanol–water partition coefficient (Wildman–Crippen LogP) is 2.88. The number of benzene rings is 1. The van der Waals surface area contributed by atoms with Crippen LogP contribution < -0.4 is 15.4 Å². The molecule has 0 aromatic heterocycles. The van der Waals surface area contributed by atoms with Crippen LogP contribution >= 0.6 is 15.9 Å². The van der Waals surface area contributed by atoms with Gasteiger partial charge in [-0.2, -0.15) is 0 Å². The molecule has 1 heterocycles. The Bertz CT molecular complexity index is 471. The van der Waals surface area contributed by atoms with Crippen molar-refractivity contribution < 1.29 is 9.53 Å². The van der Waals surface area contributed by atoms with Gasteiger partial charge in [0.2, 0.25) is 5.91 Å². The summed E-state index contributed by atoms with van der Waals surface area (Å²) in [5, 5.41) is 6.31. The van der Waals surface area contributed by atoms with Crippen molar-refractivity contribution in [3.8, 4) is 5.75 Å². The summed E-state index contributed by atoms with van der Waals surface area (Å²) < 4.78 is 6.40. The van der Waals surface area contributed by atoms with E-state index in [4.69, 9.17) is 4.74 Å². The van der Waals surface area contributed by atoms with E-state index in [1.807, 2.05) is 12.1 Å². The minimum atomic E-state index is -0.0820. The van der Waals surface area contributed by atoms with Crippen molar-refractivity contribution in [1.82, 2.24) is 5.32 Å². The first-order chi connectivity index (χ1) is 9.13. The summed E-state index contributed by atoms with van der Waals surface area (Å²) >= 11 is 3.60. The number of rotatable bonds is 3. The average Bonchev–Trinajstić information content (AvgIpc) is 2.39. The second-order valence-corrected chi connectivity index (χ2v) is 5.62. The van der Waals surface area contributed by atoms with E-state index >= 15 is 0 Å². The average molecular weight is 327 g/mol. The van der Waals surface area contributed by atoms with E-state index in [0.717, 1.165) is 41.7 Å². The second kappa shape index (κ2) is 6.39. The Kier molecular flexibility index (Phi) is 4.82. The standard InChI is InChI=1S/C14H19BrN2O2/c1-9(18)17-14-12(19-2)6-5-11(15)13(14)10-4-3-7-16-8-10/h5-6,10,16H,3-4,7-8H2,1-2H3,(H,17,18). The van der Waals surface area contributed by atoms with Gasteiger partial charge in [-0.3, -0.25) is 4.79 Å². The highest BCUT2D eigenvalue weighted by Gasteiger charge is 2.23. The normalized spacial score (nSPS) is 19.0. The van der Waals surface area contributed by atoms with E-state index in [-0.39, 0.29) is 5.91 Å². The van der Waals surface area contributed by atoms with Crippen LogP contribution in [0.3, 0.4) is 0 Å². The molecule has 1 unspecified atom stereocenters. The minimum Gasteiger partial charge on any atom is -0.495 e. The van der Waals surface area contributed by atoms with Crippen molar-refractivity contribution in [3.05, 3.63) is 22.2 Å². The Labute approximate surface area is 122 Å². The maximum Gasteiger partial charge on any atom is 0.221 e. The molecule has 1 saturated heterocycles. The fourth-order valence-electron chi connectivity index (χ4n) is 2.55. The zero-order valence-corrected chi connectivity index (χ0v) is 12.8. The summed E-state index contributed by atoms with van der Waals surface area (Å²) in [5.74, 6) is 1.01. The predicted molar refractivity (Wildman–Crippen MR) is 79.8 cm³/mol. The molecular weight excluding hydrogens is 308 g/mol. The topological polar surface area (TPSA) is 50.4 Å². The molecule has 1 fully saturated rings. The first-order valence-electron chi connectivity index (χ1n) is 6.48. The molecule has 1 amide bonds. The molecule has 0 saturated carbocycles. The highest BCUT2D eigenvalue weighted by atomic mass is 79.9. The molecule has 0 aliphatic carbocycles. The third kappa shape index (κ3) is 3.28. The van der Waals surface area contributed by atoms with Crippen molar-refractivity contribution in [2.75, 3.05) is 25.5 Å². The molecule has 2 rings (SSSR count). The van der Waals surface area contributed by atoms with Gasteiger partial charge in [0.05, 0.1) is 12.8 Å². The van der Waals surface area contributed by atoms with Crippen LogP contribution in [-0.2, 0) is 4.79 Å². The molecule has 5 heteroatoms. The monoisotopic (exact) mass is 326 g/mol. The van der Waals surface area contributed by atoms with Gasteiger partial charge >= 0.3 is 0 Å². The Balaban J connectivity index is 2.45. The van der Waals surface area contributed by atoms with Gasteiger partial charge in [-0.1, -0.05) is 15.9 Å². The lowest BCUT2D eigenvalue weighted by molar-refractivity contribution is -0.114. The maximum absolute atomic E-state index is 11.4. The second-order valence-electron chi connectivity index (χ2n) is 4.76. The van der Waals surface area contributed by atoms with Crippen LogP contribution in [0.4, 0.5) is 5.69 Å². The Morgan fingerprint density at radius 1 is 1.53 bits per heavy atom. The molecule has 1 aromatic carbocycles. The molecule has 4 nitrogen and oxygen atoms in total. The number of halogens is 1. The lowest BCUT2D eigenvalue weighted by Crippen LogP contribution is -2.29. The number of carbonyl (C=O) groups excluding carboxylic acids is 1. The van der Waals surface area contributed by atoms with Crippen molar-refractivity contribution in [2.24, 2.45) is 0 Å². The smallest absolute Gasteiger partial charge is 0.221 e. The van der Waals surface area contributed by atoms with Crippen LogP contribution in [0.15, 0.2) is 16.6 Å². The van der Waals surface area contributed by atoms with Crippen LogP contribution in [0.25, 0.3) is 0 Å². The maximum atomic E-state index is 11.4. The van der Waals surface area contributed by atoms with Crippen molar-refractivity contribution >= 4 is 27.5 Å². The van der Waals surface area contributed by atoms with Crippen molar-refractivity contribution in [3.63, 3.8) is 0 Å². The summed E-state index contributed by atoms with van der Waals surface area (Å²) in [6.45, 7) is 3.51. The minimum absolute atomic E-state index is 0.0820. The van der Waals surface area contributed by atoms with Gasteiger partial charge in [0, 0.05) is 17.9 Å². The fourth-order valence-corrected chi connectivity index (χ4v) is 3.20. The molecule has 0 bridgehead atoms. The molecule has 1 aliphatic heterocycles. The quantitative estimate of drug-likeness (QED) is 0.898. The molecule has 2 N–H and O–H groups in total. The van der Waals surface area contributed by atoms with Gasteiger partial charge in [-0.05, 0) is 43.0 Å². The number of anilines is 1. The fraction of sp³-hybridized carbons (Fsp3) is 0.500. The highest BCUT2D eigenvalue weighted by Crippen LogP contribution is 2.40. The summed E-state index contributed by atoms with van der Waals surface area (Å²) in [5.41, 5.74) is 1.92. The van der Waals surface area contributed by atoms with E-state index < -0.39 is 0 Å². The van der Waals surface area contributed by atoms with Crippen LogP contribution in [0.1, 0.15) is 31.2 Å². The van der Waals surface area contributed by atoms with E-state index in [1.54, 1.807) is 7.11 Å². The Morgan fingerprint density at radius 2 is 2.32 bits per heavy atom. The Morgan fingerprint density at radius 3 is 2.89 bits per heavy atom. The van der Waals surface area contributed by atoms with Gasteiger partial charge in [0.15, 0.2) is 0 Å². The van der Waals surface area contributed by atoms with E-state index in [9.17, 15) is 4.79 Å². The number of ether oxygens (including phenoxy) is 1. The van der Waals surface area contributed by atoms with Gasteiger partial charge < -0.3 is 15.4 Å². The summed E-state index contributed by atoms with van der Waals surface area (Å²) in [6.07, 6.45) is 2.26. The largest absolute Gasteiger partial charge is 0.495 e. The number of amides is 1. The van der Waals surface area contributed by atoms with Crippen LogP contribution in [-0.4, -0.2) is 26.1 Å². The van der Waals surface area contributed by atoms with Crippen LogP contribution in [0.5, 0.6) is 5.75 Å². The molecule has 0 radical (unpaired) electrons. The number of hydrogen-bond donors (Lipinski definition) is 2. The van der Waals surface area contributed by atoms with Gasteiger partial charge in [0.25, 0.3) is 0 Å². The molecular formula is C14H19BrN2O2. The number of nitrogens with one attached hydrogen (secondary N) is 2. The number of methoxy groups -OCH3 is 1. The molecule has 1 atom stereocenters. The third-order valence-corrected chi connectivity index (χ3v) is 4.07.